The zero-order valence-electron chi connectivity index (χ0n) is 10.4. The molecule has 0 aliphatic carbocycles. The standard InChI is InChI=1S/C12H24N2O2/c1-3-5-8-14(4-2)12(15)11-7-6-10(9-13)16-11/h10-11H,3-9,13H2,1-2H3/t10-,11+/m1/s1. The maximum atomic E-state index is 12.1. The fourth-order valence-electron chi connectivity index (χ4n) is 2.04. The SMILES string of the molecule is CCCCN(CC)C(=O)[C@@H]1CC[C@H](CN)O1. The van der Waals surface area contributed by atoms with Crippen LogP contribution in [-0.2, 0) is 9.53 Å². The molecule has 1 heterocycles. The van der Waals surface area contributed by atoms with Gasteiger partial charge in [0.1, 0.15) is 6.10 Å². The maximum Gasteiger partial charge on any atom is 0.251 e. The summed E-state index contributed by atoms with van der Waals surface area (Å²) < 4.78 is 5.62. The number of nitrogens with zero attached hydrogens (tertiary/aromatic N) is 1. The highest BCUT2D eigenvalue weighted by Gasteiger charge is 2.32. The second kappa shape index (κ2) is 6.86. The van der Waals surface area contributed by atoms with Gasteiger partial charge in [-0.15, -0.1) is 0 Å². The van der Waals surface area contributed by atoms with E-state index in [1.807, 2.05) is 11.8 Å². The fourth-order valence-corrected chi connectivity index (χ4v) is 2.04. The summed E-state index contributed by atoms with van der Waals surface area (Å²) in [4.78, 5) is 14.0. The zero-order valence-corrected chi connectivity index (χ0v) is 10.4. The first kappa shape index (κ1) is 13.5. The van der Waals surface area contributed by atoms with Gasteiger partial charge in [-0.1, -0.05) is 13.3 Å². The third kappa shape index (κ3) is 3.46. The molecule has 2 atom stereocenters. The molecule has 0 unspecified atom stereocenters. The first-order valence-corrected chi connectivity index (χ1v) is 6.37. The summed E-state index contributed by atoms with van der Waals surface area (Å²) in [6, 6.07) is 0. The van der Waals surface area contributed by atoms with Crippen molar-refractivity contribution in [3.63, 3.8) is 0 Å². The van der Waals surface area contributed by atoms with Gasteiger partial charge in [0.15, 0.2) is 0 Å². The lowest BCUT2D eigenvalue weighted by Gasteiger charge is -2.24. The first-order valence-electron chi connectivity index (χ1n) is 6.37. The van der Waals surface area contributed by atoms with E-state index in [9.17, 15) is 4.79 Å². The molecule has 2 N–H and O–H groups in total. The number of nitrogens with two attached hydrogens (primary N) is 1. The monoisotopic (exact) mass is 228 g/mol. The van der Waals surface area contributed by atoms with Crippen molar-refractivity contribution in [1.29, 1.82) is 0 Å². The lowest BCUT2D eigenvalue weighted by Crippen LogP contribution is -2.40. The quantitative estimate of drug-likeness (QED) is 0.741. The van der Waals surface area contributed by atoms with Gasteiger partial charge in [-0.3, -0.25) is 4.79 Å². The van der Waals surface area contributed by atoms with Crippen LogP contribution < -0.4 is 5.73 Å². The number of carbonyl (C=O) groups is 1. The molecular weight excluding hydrogens is 204 g/mol. The van der Waals surface area contributed by atoms with Gasteiger partial charge >= 0.3 is 0 Å². The molecule has 4 heteroatoms. The van der Waals surface area contributed by atoms with Gasteiger partial charge in [0.25, 0.3) is 5.91 Å². The Labute approximate surface area is 98.1 Å². The molecule has 94 valence electrons. The summed E-state index contributed by atoms with van der Waals surface area (Å²) in [5, 5.41) is 0. The van der Waals surface area contributed by atoms with E-state index in [0.29, 0.717) is 6.54 Å². The van der Waals surface area contributed by atoms with E-state index in [1.165, 1.54) is 0 Å². The number of rotatable bonds is 6. The Balaban J connectivity index is 2.42. The van der Waals surface area contributed by atoms with Gasteiger partial charge in [0.05, 0.1) is 6.10 Å². The molecule has 16 heavy (non-hydrogen) atoms. The van der Waals surface area contributed by atoms with Gasteiger partial charge in [-0.05, 0) is 26.2 Å². The number of ether oxygens (including phenoxy) is 1. The van der Waals surface area contributed by atoms with E-state index in [-0.39, 0.29) is 18.1 Å². The molecule has 0 aromatic carbocycles. The number of amides is 1. The Morgan fingerprint density at radius 1 is 1.44 bits per heavy atom. The van der Waals surface area contributed by atoms with Gasteiger partial charge in [0.2, 0.25) is 0 Å². The molecule has 1 aliphatic heterocycles. The summed E-state index contributed by atoms with van der Waals surface area (Å²) in [6.45, 7) is 6.29. The Kier molecular flexibility index (Phi) is 5.77. The molecule has 1 fully saturated rings. The molecule has 1 rings (SSSR count). The average Bonchev–Trinajstić information content (AvgIpc) is 2.78. The highest BCUT2D eigenvalue weighted by atomic mass is 16.5. The number of hydrogen-bond donors (Lipinski definition) is 1. The number of unbranched alkanes of at least 4 members (excludes halogenated alkanes) is 1. The second-order valence-corrected chi connectivity index (χ2v) is 4.33. The second-order valence-electron chi connectivity index (χ2n) is 4.33. The third-order valence-corrected chi connectivity index (χ3v) is 3.12. The van der Waals surface area contributed by atoms with Crippen molar-refractivity contribution in [2.45, 2.75) is 51.7 Å². The van der Waals surface area contributed by atoms with Crippen LogP contribution >= 0.6 is 0 Å². The minimum Gasteiger partial charge on any atom is -0.364 e. The molecular formula is C12H24N2O2. The van der Waals surface area contributed by atoms with Crippen LogP contribution in [0, 0.1) is 0 Å². The van der Waals surface area contributed by atoms with E-state index in [0.717, 1.165) is 38.8 Å². The van der Waals surface area contributed by atoms with Crippen molar-refractivity contribution in [3.8, 4) is 0 Å². The molecule has 1 aliphatic rings. The van der Waals surface area contributed by atoms with Gasteiger partial charge in [-0.2, -0.15) is 0 Å². The van der Waals surface area contributed by atoms with Crippen LogP contribution in [0.1, 0.15) is 39.5 Å². The molecule has 0 radical (unpaired) electrons. The Hall–Kier alpha value is -0.610. The van der Waals surface area contributed by atoms with E-state index in [4.69, 9.17) is 10.5 Å². The van der Waals surface area contributed by atoms with Crippen molar-refractivity contribution in [3.05, 3.63) is 0 Å². The highest BCUT2D eigenvalue weighted by Crippen LogP contribution is 2.20. The molecule has 4 nitrogen and oxygen atoms in total. The number of likely N-dealkylation sites (N-methyl/N-ethyl adjacent to an activating group) is 1. The summed E-state index contributed by atoms with van der Waals surface area (Å²) in [5.74, 6) is 0.145. The van der Waals surface area contributed by atoms with Crippen LogP contribution in [0.2, 0.25) is 0 Å². The van der Waals surface area contributed by atoms with Crippen LogP contribution in [-0.4, -0.2) is 42.6 Å². The van der Waals surface area contributed by atoms with Crippen LogP contribution in [0.4, 0.5) is 0 Å². The minimum absolute atomic E-state index is 0.0823. The predicted octanol–water partition coefficient (Wildman–Crippen LogP) is 1.14. The van der Waals surface area contributed by atoms with Crippen LogP contribution in [0.5, 0.6) is 0 Å². The fraction of sp³-hybridized carbons (Fsp3) is 0.917. The molecule has 1 amide bonds. The molecule has 0 aromatic heterocycles. The van der Waals surface area contributed by atoms with Crippen LogP contribution in [0.3, 0.4) is 0 Å². The van der Waals surface area contributed by atoms with Crippen molar-refractivity contribution < 1.29 is 9.53 Å². The summed E-state index contributed by atoms with van der Waals surface area (Å²) in [6.07, 6.45) is 3.75. The predicted molar refractivity (Wildman–Crippen MR) is 64.1 cm³/mol. The van der Waals surface area contributed by atoms with Crippen molar-refractivity contribution in [2.75, 3.05) is 19.6 Å². The lowest BCUT2D eigenvalue weighted by atomic mass is 10.1. The minimum atomic E-state index is -0.245. The normalized spacial score (nSPS) is 24.7. The molecule has 0 saturated carbocycles. The number of carbonyl (C=O) groups excluding carboxylic acids is 1. The summed E-state index contributed by atoms with van der Waals surface area (Å²) in [7, 11) is 0. The van der Waals surface area contributed by atoms with E-state index in [1.54, 1.807) is 0 Å². The smallest absolute Gasteiger partial charge is 0.251 e. The van der Waals surface area contributed by atoms with Crippen molar-refractivity contribution >= 4 is 5.91 Å². The third-order valence-electron chi connectivity index (χ3n) is 3.12. The van der Waals surface area contributed by atoms with Gasteiger partial charge < -0.3 is 15.4 Å². The van der Waals surface area contributed by atoms with Crippen LogP contribution in [0.25, 0.3) is 0 Å². The summed E-state index contributed by atoms with van der Waals surface area (Å²) in [5.41, 5.74) is 5.54. The van der Waals surface area contributed by atoms with E-state index >= 15 is 0 Å². The molecule has 1 saturated heterocycles. The Morgan fingerprint density at radius 3 is 2.69 bits per heavy atom. The first-order chi connectivity index (χ1) is 7.72. The number of hydrogen-bond acceptors (Lipinski definition) is 3. The topological polar surface area (TPSA) is 55.6 Å². The van der Waals surface area contributed by atoms with Crippen molar-refractivity contribution in [1.82, 2.24) is 4.90 Å². The average molecular weight is 228 g/mol. The largest absolute Gasteiger partial charge is 0.364 e. The van der Waals surface area contributed by atoms with Crippen molar-refractivity contribution in [2.24, 2.45) is 5.73 Å². The Bertz CT molecular complexity index is 217. The molecule has 0 aromatic rings. The lowest BCUT2D eigenvalue weighted by molar-refractivity contribution is -0.142. The maximum absolute atomic E-state index is 12.1. The van der Waals surface area contributed by atoms with Gasteiger partial charge in [0, 0.05) is 19.6 Å². The van der Waals surface area contributed by atoms with Gasteiger partial charge in [-0.25, -0.2) is 0 Å². The molecule has 0 spiro atoms. The highest BCUT2D eigenvalue weighted by molar-refractivity contribution is 5.81. The Morgan fingerprint density at radius 2 is 2.19 bits per heavy atom. The van der Waals surface area contributed by atoms with Crippen LogP contribution in [0.15, 0.2) is 0 Å². The zero-order chi connectivity index (χ0) is 12.0. The summed E-state index contributed by atoms with van der Waals surface area (Å²) >= 11 is 0. The van der Waals surface area contributed by atoms with E-state index in [2.05, 4.69) is 6.92 Å². The molecule has 0 bridgehead atoms. The van der Waals surface area contributed by atoms with E-state index < -0.39 is 0 Å².